The van der Waals surface area contributed by atoms with Crippen LogP contribution in [0.15, 0.2) is 6.33 Å². The number of fused-ring (bicyclic) bond motifs is 1. The topological polar surface area (TPSA) is 124 Å². The van der Waals surface area contributed by atoms with Gasteiger partial charge in [-0.25, -0.2) is 13.4 Å². The predicted octanol–water partition coefficient (Wildman–Crippen LogP) is 0.272. The van der Waals surface area contributed by atoms with Gasteiger partial charge >= 0.3 is 0 Å². The Morgan fingerprint density at radius 1 is 1.53 bits per heavy atom. The van der Waals surface area contributed by atoms with E-state index in [-0.39, 0.29) is 16.7 Å². The van der Waals surface area contributed by atoms with Crippen molar-refractivity contribution in [3.8, 4) is 6.07 Å². The van der Waals surface area contributed by atoms with Gasteiger partial charge in [0.2, 0.25) is 16.0 Å². The highest BCUT2D eigenvalue weighted by atomic mass is 35.5. The molecule has 2 aromatic heterocycles. The fourth-order valence-electron chi connectivity index (χ4n) is 1.10. The van der Waals surface area contributed by atoms with Crippen LogP contribution in [0.5, 0.6) is 0 Å². The van der Waals surface area contributed by atoms with Crippen LogP contribution in [0.25, 0.3) is 11.2 Å². The van der Waals surface area contributed by atoms with Crippen LogP contribution in [0, 0.1) is 11.3 Å². The first-order chi connectivity index (χ1) is 8.02. The summed E-state index contributed by atoms with van der Waals surface area (Å²) in [5, 5.41) is 8.36. The van der Waals surface area contributed by atoms with Crippen molar-refractivity contribution in [2.75, 3.05) is 10.5 Å². The third-order valence-corrected chi connectivity index (χ3v) is 3.02. The van der Waals surface area contributed by atoms with Crippen molar-refractivity contribution >= 4 is 38.7 Å². The quantitative estimate of drug-likeness (QED) is 0.773. The van der Waals surface area contributed by atoms with Gasteiger partial charge in [-0.1, -0.05) is 11.6 Å². The highest BCUT2D eigenvalue weighted by Crippen LogP contribution is 2.18. The summed E-state index contributed by atoms with van der Waals surface area (Å²) < 4.78 is 24.6. The minimum Gasteiger partial charge on any atom is -0.341 e. The largest absolute Gasteiger partial charge is 0.341 e. The fourth-order valence-corrected chi connectivity index (χ4v) is 1.93. The highest BCUT2D eigenvalue weighted by molar-refractivity contribution is 7.92. The highest BCUT2D eigenvalue weighted by Gasteiger charge is 2.14. The summed E-state index contributed by atoms with van der Waals surface area (Å²) >= 11 is 5.79. The maximum absolute atomic E-state index is 11.3. The third-order valence-electron chi connectivity index (χ3n) is 1.74. The van der Waals surface area contributed by atoms with Gasteiger partial charge in [0.05, 0.1) is 12.4 Å². The number of aromatic amines is 1. The lowest BCUT2D eigenvalue weighted by molar-refractivity contribution is 0.604. The SMILES string of the molecule is N#CCS(=O)(=O)Nc1nc(Cl)c2[nH]cnc2n1. The number of hydrogen-bond donors (Lipinski definition) is 2. The number of anilines is 1. The molecule has 2 heterocycles. The second-order valence-corrected chi connectivity index (χ2v) is 5.04. The molecule has 2 aromatic rings. The van der Waals surface area contributed by atoms with Crippen molar-refractivity contribution in [2.24, 2.45) is 0 Å². The van der Waals surface area contributed by atoms with Crippen LogP contribution in [0.4, 0.5) is 5.95 Å². The molecule has 0 bridgehead atoms. The summed E-state index contributed by atoms with van der Waals surface area (Å²) in [5.41, 5.74) is 0.648. The van der Waals surface area contributed by atoms with Gasteiger partial charge in [-0.2, -0.15) is 15.2 Å². The van der Waals surface area contributed by atoms with E-state index in [0.717, 1.165) is 0 Å². The second-order valence-electron chi connectivity index (χ2n) is 2.96. The summed E-state index contributed by atoms with van der Waals surface area (Å²) in [5.74, 6) is -0.906. The average molecular weight is 273 g/mol. The van der Waals surface area contributed by atoms with Gasteiger partial charge in [0.1, 0.15) is 5.52 Å². The average Bonchev–Trinajstić information content (AvgIpc) is 2.64. The molecule has 0 spiro atoms. The zero-order valence-corrected chi connectivity index (χ0v) is 9.75. The molecule has 0 aromatic carbocycles. The van der Waals surface area contributed by atoms with E-state index in [1.54, 1.807) is 0 Å². The van der Waals surface area contributed by atoms with Crippen LogP contribution in [-0.4, -0.2) is 34.1 Å². The normalized spacial score (nSPS) is 11.3. The van der Waals surface area contributed by atoms with Crippen LogP contribution in [-0.2, 0) is 10.0 Å². The number of imidazole rings is 1. The van der Waals surface area contributed by atoms with Gasteiger partial charge < -0.3 is 4.98 Å². The lowest BCUT2D eigenvalue weighted by Gasteiger charge is -2.03. The number of sulfonamides is 1. The molecule has 10 heteroatoms. The molecule has 2 rings (SSSR count). The molecule has 2 N–H and O–H groups in total. The van der Waals surface area contributed by atoms with E-state index >= 15 is 0 Å². The fraction of sp³-hybridized carbons (Fsp3) is 0.143. The van der Waals surface area contributed by atoms with Crippen molar-refractivity contribution in [3.63, 3.8) is 0 Å². The number of nitrogens with one attached hydrogen (secondary N) is 2. The number of hydrogen-bond acceptors (Lipinski definition) is 6. The molecule has 0 atom stereocenters. The summed E-state index contributed by atoms with van der Waals surface area (Å²) in [4.78, 5) is 14.1. The summed E-state index contributed by atoms with van der Waals surface area (Å²) in [6.45, 7) is 0. The van der Waals surface area contributed by atoms with E-state index in [0.29, 0.717) is 5.52 Å². The van der Waals surface area contributed by atoms with Gasteiger partial charge in [-0.05, 0) is 0 Å². The van der Waals surface area contributed by atoms with Gasteiger partial charge in [0, 0.05) is 0 Å². The van der Waals surface area contributed by atoms with E-state index < -0.39 is 15.8 Å². The minimum atomic E-state index is -3.79. The summed E-state index contributed by atoms with van der Waals surface area (Å²) in [7, 11) is -3.79. The van der Waals surface area contributed by atoms with Crippen LogP contribution < -0.4 is 4.72 Å². The number of H-pyrrole nitrogens is 1. The van der Waals surface area contributed by atoms with Crippen molar-refractivity contribution in [1.82, 2.24) is 19.9 Å². The van der Waals surface area contributed by atoms with Gasteiger partial charge in [-0.15, -0.1) is 0 Å². The van der Waals surface area contributed by atoms with Crippen LogP contribution in [0.1, 0.15) is 0 Å². The molecule has 0 unspecified atom stereocenters. The number of nitrogens with zero attached hydrogens (tertiary/aromatic N) is 4. The Balaban J connectivity index is 2.41. The van der Waals surface area contributed by atoms with E-state index in [9.17, 15) is 8.42 Å². The standard InChI is InChI=1S/C7H5ClN6O2S/c8-5-4-6(11-3-10-4)13-7(12-5)14-17(15,16)2-1-9/h3H,2H2,(H2,10,11,12,13,14). The van der Waals surface area contributed by atoms with Gasteiger partial charge in [-0.3, -0.25) is 4.72 Å². The molecule has 0 aliphatic carbocycles. The van der Waals surface area contributed by atoms with Crippen molar-refractivity contribution < 1.29 is 8.42 Å². The van der Waals surface area contributed by atoms with Crippen molar-refractivity contribution in [2.45, 2.75) is 0 Å². The molecule has 0 saturated carbocycles. The van der Waals surface area contributed by atoms with Crippen LogP contribution >= 0.6 is 11.6 Å². The molecule has 0 aliphatic heterocycles. The Morgan fingerprint density at radius 3 is 3.00 bits per heavy atom. The maximum Gasteiger partial charge on any atom is 0.248 e. The molecule has 0 amide bonds. The van der Waals surface area contributed by atoms with E-state index in [1.807, 2.05) is 4.72 Å². The predicted molar refractivity (Wildman–Crippen MR) is 59.7 cm³/mol. The Bertz CT molecular complexity index is 703. The zero-order valence-electron chi connectivity index (χ0n) is 8.18. The van der Waals surface area contributed by atoms with Gasteiger partial charge in [0.15, 0.2) is 16.6 Å². The number of nitriles is 1. The monoisotopic (exact) mass is 272 g/mol. The number of rotatable bonds is 3. The first-order valence-electron chi connectivity index (χ1n) is 4.26. The molecular weight excluding hydrogens is 268 g/mol. The van der Waals surface area contributed by atoms with Crippen molar-refractivity contribution in [1.29, 1.82) is 5.26 Å². The second kappa shape index (κ2) is 4.15. The number of aromatic nitrogens is 4. The molecule has 0 saturated heterocycles. The van der Waals surface area contributed by atoms with Crippen LogP contribution in [0.2, 0.25) is 5.15 Å². The molecule has 0 radical (unpaired) electrons. The Labute approximate surface area is 101 Å². The first-order valence-corrected chi connectivity index (χ1v) is 6.29. The maximum atomic E-state index is 11.3. The Morgan fingerprint density at radius 2 is 2.29 bits per heavy atom. The van der Waals surface area contributed by atoms with Crippen LogP contribution in [0.3, 0.4) is 0 Å². The summed E-state index contributed by atoms with van der Waals surface area (Å²) in [6.07, 6.45) is 1.36. The smallest absolute Gasteiger partial charge is 0.248 e. The Hall–Kier alpha value is -1.92. The molecule has 17 heavy (non-hydrogen) atoms. The summed E-state index contributed by atoms with van der Waals surface area (Å²) in [6, 6.07) is 1.51. The van der Waals surface area contributed by atoms with E-state index in [1.165, 1.54) is 12.4 Å². The zero-order chi connectivity index (χ0) is 12.5. The van der Waals surface area contributed by atoms with E-state index in [4.69, 9.17) is 16.9 Å². The molecule has 8 nitrogen and oxygen atoms in total. The van der Waals surface area contributed by atoms with Crippen molar-refractivity contribution in [3.05, 3.63) is 11.5 Å². The van der Waals surface area contributed by atoms with Gasteiger partial charge in [0.25, 0.3) is 0 Å². The van der Waals surface area contributed by atoms with E-state index in [2.05, 4.69) is 19.9 Å². The number of halogens is 1. The minimum absolute atomic E-state index is 0.0437. The molecular formula is C7H5ClN6O2S. The third kappa shape index (κ3) is 2.43. The molecule has 0 fully saturated rings. The lowest BCUT2D eigenvalue weighted by atomic mass is 10.6. The molecule has 88 valence electrons. The molecule has 0 aliphatic rings. The first kappa shape index (κ1) is 11.6. The lowest BCUT2D eigenvalue weighted by Crippen LogP contribution is -2.17. The Kier molecular flexibility index (Phi) is 2.83.